The zero-order chi connectivity index (χ0) is 13.8. The van der Waals surface area contributed by atoms with Crippen LogP contribution in [0.2, 0.25) is 0 Å². The number of aliphatic hydroxyl groups excluding tert-OH is 1. The van der Waals surface area contributed by atoms with Crippen molar-refractivity contribution in [1.82, 2.24) is 5.32 Å². The predicted molar refractivity (Wildman–Crippen MR) is 80.4 cm³/mol. The maximum Gasteiger partial charge on any atom is 0.142 e. The molecule has 1 fully saturated rings. The Bertz CT molecular complexity index is 434. The highest BCUT2D eigenvalue weighted by molar-refractivity contribution is 5.58. The van der Waals surface area contributed by atoms with Crippen molar-refractivity contribution < 1.29 is 9.84 Å². The first-order valence-corrected chi connectivity index (χ1v) is 7.70. The number of rotatable bonds is 6. The summed E-state index contributed by atoms with van der Waals surface area (Å²) in [5, 5.41) is 13.0. The van der Waals surface area contributed by atoms with E-state index in [0.29, 0.717) is 6.04 Å². The van der Waals surface area contributed by atoms with E-state index < -0.39 is 0 Å². The molecule has 1 aromatic carbocycles. The van der Waals surface area contributed by atoms with Crippen LogP contribution in [-0.4, -0.2) is 43.5 Å². The maximum absolute atomic E-state index is 9.48. The molecule has 1 aliphatic heterocycles. The molecule has 0 aromatic heterocycles. The van der Waals surface area contributed by atoms with Crippen LogP contribution < -0.4 is 15.0 Å². The second-order valence-electron chi connectivity index (χ2n) is 5.77. The molecule has 110 valence electrons. The van der Waals surface area contributed by atoms with Crippen LogP contribution in [0.1, 0.15) is 25.7 Å². The van der Waals surface area contributed by atoms with Gasteiger partial charge < -0.3 is 20.1 Å². The summed E-state index contributed by atoms with van der Waals surface area (Å²) in [6.07, 6.45) is 4.55. The van der Waals surface area contributed by atoms with E-state index in [4.69, 9.17) is 4.74 Å². The number of ether oxygens (including phenoxy) is 1. The molecule has 0 radical (unpaired) electrons. The van der Waals surface area contributed by atoms with Gasteiger partial charge in [-0.05, 0) is 37.8 Å². The minimum absolute atomic E-state index is 0.221. The summed E-state index contributed by atoms with van der Waals surface area (Å²) in [7, 11) is 0. The van der Waals surface area contributed by atoms with E-state index in [1.807, 2.05) is 12.1 Å². The summed E-state index contributed by atoms with van der Waals surface area (Å²) in [5.41, 5.74) is 1.19. The Morgan fingerprint density at radius 2 is 2.20 bits per heavy atom. The van der Waals surface area contributed by atoms with Gasteiger partial charge in [0, 0.05) is 25.2 Å². The van der Waals surface area contributed by atoms with Gasteiger partial charge in [0.1, 0.15) is 5.75 Å². The van der Waals surface area contributed by atoms with Crippen LogP contribution in [0.3, 0.4) is 0 Å². The van der Waals surface area contributed by atoms with Gasteiger partial charge >= 0.3 is 0 Å². The largest absolute Gasteiger partial charge is 0.491 e. The third-order valence-electron chi connectivity index (χ3n) is 4.05. The first-order valence-electron chi connectivity index (χ1n) is 7.70. The van der Waals surface area contributed by atoms with Gasteiger partial charge in [0.2, 0.25) is 0 Å². The SMILES string of the molecule is OCC(CCN1CCCOc2ccccc21)NC1CC1. The lowest BCUT2D eigenvalue weighted by Crippen LogP contribution is -2.38. The minimum Gasteiger partial charge on any atom is -0.491 e. The number of nitrogens with zero attached hydrogens (tertiary/aromatic N) is 1. The molecule has 0 spiro atoms. The molecule has 3 rings (SSSR count). The highest BCUT2D eigenvalue weighted by Crippen LogP contribution is 2.30. The summed E-state index contributed by atoms with van der Waals surface area (Å²) in [6.45, 7) is 3.00. The third kappa shape index (κ3) is 3.44. The Morgan fingerprint density at radius 1 is 1.35 bits per heavy atom. The number of hydrogen-bond acceptors (Lipinski definition) is 4. The standard InChI is InChI=1S/C16H24N2O2/c19-12-14(17-13-6-7-13)8-10-18-9-3-11-20-16-5-2-1-4-15(16)18/h1-2,4-5,13-14,17,19H,3,6-12H2. The molecule has 1 saturated carbocycles. The van der Waals surface area contributed by atoms with Gasteiger partial charge in [-0.1, -0.05) is 12.1 Å². The van der Waals surface area contributed by atoms with Gasteiger partial charge in [0.05, 0.1) is 18.9 Å². The van der Waals surface area contributed by atoms with Crippen LogP contribution in [-0.2, 0) is 0 Å². The zero-order valence-electron chi connectivity index (χ0n) is 11.9. The number of para-hydroxylation sites is 2. The summed E-state index contributed by atoms with van der Waals surface area (Å²) < 4.78 is 5.78. The number of hydrogen-bond donors (Lipinski definition) is 2. The number of benzene rings is 1. The lowest BCUT2D eigenvalue weighted by Gasteiger charge is -2.26. The molecule has 0 saturated heterocycles. The van der Waals surface area contributed by atoms with E-state index in [9.17, 15) is 5.11 Å². The maximum atomic E-state index is 9.48. The van der Waals surface area contributed by atoms with Crippen LogP contribution in [0.5, 0.6) is 5.75 Å². The first kappa shape index (κ1) is 13.7. The molecule has 1 aliphatic carbocycles. The number of fused-ring (bicyclic) bond motifs is 1. The lowest BCUT2D eigenvalue weighted by molar-refractivity contribution is 0.235. The molecule has 2 N–H and O–H groups in total. The molecule has 1 atom stereocenters. The predicted octanol–water partition coefficient (Wildman–Crippen LogP) is 1.78. The normalized spacial score (nSPS) is 19.9. The molecule has 1 aromatic rings. The molecule has 0 amide bonds. The fourth-order valence-electron chi connectivity index (χ4n) is 2.75. The highest BCUT2D eigenvalue weighted by atomic mass is 16.5. The van der Waals surface area contributed by atoms with Crippen LogP contribution in [0, 0.1) is 0 Å². The quantitative estimate of drug-likeness (QED) is 0.831. The first-order chi connectivity index (χ1) is 9.86. The van der Waals surface area contributed by atoms with E-state index >= 15 is 0 Å². The monoisotopic (exact) mass is 276 g/mol. The molecule has 1 unspecified atom stereocenters. The average molecular weight is 276 g/mol. The average Bonchev–Trinajstić information content (AvgIpc) is 3.30. The van der Waals surface area contributed by atoms with Gasteiger partial charge in [-0.2, -0.15) is 0 Å². The van der Waals surface area contributed by atoms with E-state index in [1.54, 1.807) is 0 Å². The van der Waals surface area contributed by atoms with Crippen molar-refractivity contribution >= 4 is 5.69 Å². The number of aliphatic hydroxyl groups is 1. The molecule has 1 heterocycles. The molecule has 4 nitrogen and oxygen atoms in total. The van der Waals surface area contributed by atoms with Crippen molar-refractivity contribution in [2.24, 2.45) is 0 Å². The molecule has 20 heavy (non-hydrogen) atoms. The number of nitrogens with one attached hydrogen (secondary N) is 1. The lowest BCUT2D eigenvalue weighted by atomic mass is 10.2. The van der Waals surface area contributed by atoms with Crippen molar-refractivity contribution in [1.29, 1.82) is 0 Å². The Hall–Kier alpha value is -1.26. The molecule has 4 heteroatoms. The van der Waals surface area contributed by atoms with Gasteiger partial charge in [-0.25, -0.2) is 0 Å². The van der Waals surface area contributed by atoms with Crippen LogP contribution in [0.25, 0.3) is 0 Å². The molecular weight excluding hydrogens is 252 g/mol. The molecule has 0 bridgehead atoms. The summed E-state index contributed by atoms with van der Waals surface area (Å²) in [5.74, 6) is 0.987. The van der Waals surface area contributed by atoms with Crippen molar-refractivity contribution in [3.8, 4) is 5.75 Å². The van der Waals surface area contributed by atoms with Crippen molar-refractivity contribution in [3.05, 3.63) is 24.3 Å². The summed E-state index contributed by atoms with van der Waals surface area (Å²) >= 11 is 0. The van der Waals surface area contributed by atoms with Crippen molar-refractivity contribution in [2.75, 3.05) is 31.2 Å². The smallest absolute Gasteiger partial charge is 0.142 e. The minimum atomic E-state index is 0.221. The van der Waals surface area contributed by atoms with Crippen molar-refractivity contribution in [3.63, 3.8) is 0 Å². The van der Waals surface area contributed by atoms with Gasteiger partial charge in [-0.15, -0.1) is 0 Å². The second kappa shape index (κ2) is 6.46. The van der Waals surface area contributed by atoms with E-state index in [0.717, 1.165) is 38.3 Å². The number of anilines is 1. The Labute approximate surface area is 120 Å². The fraction of sp³-hybridized carbons (Fsp3) is 0.625. The highest BCUT2D eigenvalue weighted by Gasteiger charge is 2.25. The van der Waals surface area contributed by atoms with Gasteiger partial charge in [0.15, 0.2) is 0 Å². The molecule has 2 aliphatic rings. The Kier molecular flexibility index (Phi) is 4.43. The molecular formula is C16H24N2O2. The van der Waals surface area contributed by atoms with Gasteiger partial charge in [0.25, 0.3) is 0 Å². The van der Waals surface area contributed by atoms with Crippen LogP contribution >= 0.6 is 0 Å². The van der Waals surface area contributed by atoms with E-state index in [2.05, 4.69) is 22.3 Å². The Morgan fingerprint density at radius 3 is 3.00 bits per heavy atom. The second-order valence-corrected chi connectivity index (χ2v) is 5.77. The fourth-order valence-corrected chi connectivity index (χ4v) is 2.75. The summed E-state index contributed by atoms with van der Waals surface area (Å²) in [6, 6.07) is 9.12. The van der Waals surface area contributed by atoms with Crippen molar-refractivity contribution in [2.45, 2.75) is 37.8 Å². The zero-order valence-corrected chi connectivity index (χ0v) is 11.9. The van der Waals surface area contributed by atoms with E-state index in [-0.39, 0.29) is 12.6 Å². The van der Waals surface area contributed by atoms with Crippen LogP contribution in [0.15, 0.2) is 24.3 Å². The van der Waals surface area contributed by atoms with E-state index in [1.165, 1.54) is 18.5 Å². The summed E-state index contributed by atoms with van der Waals surface area (Å²) in [4.78, 5) is 2.39. The van der Waals surface area contributed by atoms with Gasteiger partial charge in [-0.3, -0.25) is 0 Å². The third-order valence-corrected chi connectivity index (χ3v) is 4.05. The Balaban J connectivity index is 1.60. The topological polar surface area (TPSA) is 44.7 Å². The van der Waals surface area contributed by atoms with Crippen LogP contribution in [0.4, 0.5) is 5.69 Å².